The third kappa shape index (κ3) is 2.91. The number of imidazole rings is 1. The summed E-state index contributed by atoms with van der Waals surface area (Å²) in [6, 6.07) is 17.0. The molecule has 1 aromatic heterocycles. The minimum absolute atomic E-state index is 0.180. The Morgan fingerprint density at radius 2 is 2.00 bits per heavy atom. The number of hydrogen-bond donors (Lipinski definition) is 2. The first kappa shape index (κ1) is 15.9. The van der Waals surface area contributed by atoms with Gasteiger partial charge in [-0.3, -0.25) is 0 Å². The number of carbonyl (C=O) groups is 1. The molecule has 26 heavy (non-hydrogen) atoms. The number of fused-ring (bicyclic) bond motifs is 3. The van der Waals surface area contributed by atoms with Crippen molar-refractivity contribution in [3.05, 3.63) is 72.2 Å². The van der Waals surface area contributed by atoms with Crippen LogP contribution in [0.3, 0.4) is 0 Å². The molecule has 0 saturated heterocycles. The van der Waals surface area contributed by atoms with E-state index in [2.05, 4.69) is 38.4 Å². The van der Waals surface area contributed by atoms with Crippen LogP contribution in [0.2, 0.25) is 0 Å². The van der Waals surface area contributed by atoms with Crippen LogP contribution in [0.15, 0.2) is 61.1 Å². The van der Waals surface area contributed by atoms with Crippen molar-refractivity contribution in [1.82, 2.24) is 14.9 Å². The van der Waals surface area contributed by atoms with E-state index in [0.29, 0.717) is 17.8 Å². The smallest absolute Gasteiger partial charge is 0.319 e. The number of carbonyl (C=O) groups excluding carboxylic acids is 1. The summed E-state index contributed by atoms with van der Waals surface area (Å²) in [6.07, 6.45) is 4.50. The first-order valence-corrected chi connectivity index (χ1v) is 8.42. The zero-order valence-corrected chi connectivity index (χ0v) is 14.0. The lowest BCUT2D eigenvalue weighted by Crippen LogP contribution is -2.30. The number of nitrogens with zero attached hydrogens (tertiary/aromatic N) is 3. The molecule has 2 amide bonds. The van der Waals surface area contributed by atoms with E-state index >= 15 is 0 Å². The van der Waals surface area contributed by atoms with Crippen LogP contribution in [0.4, 0.5) is 10.5 Å². The van der Waals surface area contributed by atoms with E-state index in [-0.39, 0.29) is 12.1 Å². The molecule has 2 N–H and O–H groups in total. The van der Waals surface area contributed by atoms with Gasteiger partial charge in [0.05, 0.1) is 35.9 Å². The highest BCUT2D eigenvalue weighted by Crippen LogP contribution is 2.40. The largest absolute Gasteiger partial charge is 0.338 e. The maximum absolute atomic E-state index is 12.1. The van der Waals surface area contributed by atoms with Gasteiger partial charge in [0.1, 0.15) is 0 Å². The fourth-order valence-corrected chi connectivity index (χ4v) is 3.35. The van der Waals surface area contributed by atoms with Gasteiger partial charge < -0.3 is 15.2 Å². The van der Waals surface area contributed by atoms with Crippen LogP contribution in [0, 0.1) is 11.3 Å². The number of amides is 2. The predicted molar refractivity (Wildman–Crippen MR) is 98.6 cm³/mol. The minimum atomic E-state index is -0.258. The van der Waals surface area contributed by atoms with Gasteiger partial charge in [-0.1, -0.05) is 24.3 Å². The Bertz CT molecular complexity index is 984. The Labute approximate surface area is 151 Å². The Kier molecular flexibility index (Phi) is 4.12. The summed E-state index contributed by atoms with van der Waals surface area (Å²) >= 11 is 0. The lowest BCUT2D eigenvalue weighted by molar-refractivity contribution is 0.251. The molecule has 0 saturated carbocycles. The molecule has 3 aromatic rings. The number of anilines is 1. The van der Waals surface area contributed by atoms with Crippen molar-refractivity contribution in [3.63, 3.8) is 0 Å². The normalized spacial score (nSPS) is 14.2. The highest BCUT2D eigenvalue weighted by atomic mass is 16.2. The van der Waals surface area contributed by atoms with E-state index in [4.69, 9.17) is 5.26 Å². The van der Waals surface area contributed by atoms with Crippen molar-refractivity contribution in [2.75, 3.05) is 11.9 Å². The van der Waals surface area contributed by atoms with Gasteiger partial charge >= 0.3 is 6.03 Å². The Morgan fingerprint density at radius 3 is 2.81 bits per heavy atom. The SMILES string of the molecule is N#Cc1ccc(NC(=O)NCCC2c3ccccc3-c3cncn32)cc1. The molecule has 4 rings (SSSR count). The van der Waals surface area contributed by atoms with Crippen molar-refractivity contribution in [2.45, 2.75) is 12.5 Å². The van der Waals surface area contributed by atoms with Gasteiger partial charge in [-0.25, -0.2) is 9.78 Å². The quantitative estimate of drug-likeness (QED) is 0.760. The van der Waals surface area contributed by atoms with E-state index < -0.39 is 0 Å². The zero-order valence-electron chi connectivity index (χ0n) is 14.0. The average molecular weight is 343 g/mol. The summed E-state index contributed by atoms with van der Waals surface area (Å²) in [5.41, 5.74) is 4.81. The Morgan fingerprint density at radius 1 is 1.19 bits per heavy atom. The van der Waals surface area contributed by atoms with Crippen LogP contribution in [0.1, 0.15) is 23.6 Å². The molecule has 1 aliphatic rings. The van der Waals surface area contributed by atoms with Gasteiger partial charge in [0.2, 0.25) is 0 Å². The second-order valence-electron chi connectivity index (χ2n) is 6.15. The van der Waals surface area contributed by atoms with Crippen LogP contribution >= 0.6 is 0 Å². The van der Waals surface area contributed by atoms with Crippen molar-refractivity contribution in [1.29, 1.82) is 5.26 Å². The molecule has 0 spiro atoms. The molecular formula is C20H17N5O. The molecule has 2 aromatic carbocycles. The molecule has 0 bridgehead atoms. The third-order valence-corrected chi connectivity index (χ3v) is 4.57. The number of hydrogen-bond acceptors (Lipinski definition) is 3. The lowest BCUT2D eigenvalue weighted by Gasteiger charge is -2.15. The van der Waals surface area contributed by atoms with Crippen LogP contribution in [-0.4, -0.2) is 22.1 Å². The number of urea groups is 1. The van der Waals surface area contributed by atoms with Crippen molar-refractivity contribution < 1.29 is 4.79 Å². The first-order chi connectivity index (χ1) is 12.8. The number of nitriles is 1. The molecule has 0 radical (unpaired) electrons. The van der Waals surface area contributed by atoms with Crippen LogP contribution in [-0.2, 0) is 0 Å². The number of nitrogens with one attached hydrogen (secondary N) is 2. The summed E-state index contributed by atoms with van der Waals surface area (Å²) in [5, 5.41) is 14.5. The fraction of sp³-hybridized carbons (Fsp3) is 0.150. The van der Waals surface area contributed by atoms with Crippen LogP contribution in [0.5, 0.6) is 0 Å². The molecular weight excluding hydrogens is 326 g/mol. The highest BCUT2D eigenvalue weighted by Gasteiger charge is 2.27. The maximum Gasteiger partial charge on any atom is 0.319 e. The Hall–Kier alpha value is -3.59. The van der Waals surface area contributed by atoms with Gasteiger partial charge in [-0.15, -0.1) is 0 Å². The lowest BCUT2D eigenvalue weighted by atomic mass is 10.0. The molecule has 6 nitrogen and oxygen atoms in total. The topological polar surface area (TPSA) is 82.7 Å². The monoisotopic (exact) mass is 343 g/mol. The third-order valence-electron chi connectivity index (χ3n) is 4.57. The molecule has 2 heterocycles. The average Bonchev–Trinajstić information content (AvgIpc) is 3.25. The number of benzene rings is 2. The van der Waals surface area contributed by atoms with Crippen molar-refractivity contribution in [2.24, 2.45) is 0 Å². The Balaban J connectivity index is 1.36. The van der Waals surface area contributed by atoms with Crippen LogP contribution < -0.4 is 10.6 Å². The second-order valence-corrected chi connectivity index (χ2v) is 6.15. The molecule has 6 heteroatoms. The van der Waals surface area contributed by atoms with Gasteiger partial charge in [-0.05, 0) is 36.2 Å². The van der Waals surface area contributed by atoms with Gasteiger partial charge in [-0.2, -0.15) is 5.26 Å². The van der Waals surface area contributed by atoms with Gasteiger partial charge in [0.15, 0.2) is 0 Å². The highest BCUT2D eigenvalue weighted by molar-refractivity contribution is 5.89. The molecule has 1 atom stereocenters. The van der Waals surface area contributed by atoms with E-state index in [0.717, 1.165) is 12.1 Å². The summed E-state index contributed by atoms with van der Waals surface area (Å²) in [6.45, 7) is 0.540. The van der Waals surface area contributed by atoms with Gasteiger partial charge in [0, 0.05) is 17.8 Å². The first-order valence-electron chi connectivity index (χ1n) is 8.42. The zero-order chi connectivity index (χ0) is 17.9. The maximum atomic E-state index is 12.1. The standard InChI is InChI=1S/C20H17N5O/c21-11-14-5-7-15(8-6-14)24-20(26)23-10-9-18-16-3-1-2-4-17(16)19-12-22-13-25(18)19/h1-8,12-13,18H,9-10H2,(H2,23,24,26). The van der Waals surface area contributed by atoms with Crippen molar-refractivity contribution >= 4 is 11.7 Å². The van der Waals surface area contributed by atoms with Crippen LogP contribution in [0.25, 0.3) is 11.3 Å². The summed E-state index contributed by atoms with van der Waals surface area (Å²) < 4.78 is 2.16. The molecule has 1 aliphatic heterocycles. The minimum Gasteiger partial charge on any atom is -0.338 e. The van der Waals surface area contributed by atoms with E-state index in [9.17, 15) is 4.79 Å². The second kappa shape index (κ2) is 6.73. The van der Waals surface area contributed by atoms with Gasteiger partial charge in [0.25, 0.3) is 0 Å². The molecule has 0 aliphatic carbocycles. The number of aromatic nitrogens is 2. The number of rotatable bonds is 4. The van der Waals surface area contributed by atoms with E-state index in [1.807, 2.05) is 24.7 Å². The summed E-state index contributed by atoms with van der Waals surface area (Å²) in [4.78, 5) is 16.3. The van der Waals surface area contributed by atoms with E-state index in [1.165, 1.54) is 11.1 Å². The fourth-order valence-electron chi connectivity index (χ4n) is 3.35. The molecule has 1 unspecified atom stereocenters. The van der Waals surface area contributed by atoms with Crippen molar-refractivity contribution in [3.8, 4) is 17.3 Å². The van der Waals surface area contributed by atoms with E-state index in [1.54, 1.807) is 24.3 Å². The molecule has 0 fully saturated rings. The molecule has 128 valence electrons. The summed E-state index contributed by atoms with van der Waals surface area (Å²) in [5.74, 6) is 0. The predicted octanol–water partition coefficient (Wildman–Crippen LogP) is 3.54. The summed E-state index contributed by atoms with van der Waals surface area (Å²) in [7, 11) is 0.